The first kappa shape index (κ1) is 40.0. The van der Waals surface area contributed by atoms with Gasteiger partial charge in [-0.25, -0.2) is 0 Å². The molecule has 242 valence electrons. The fraction of sp³-hybridized carbons (Fsp3) is 0.786. The van der Waals surface area contributed by atoms with E-state index in [1.165, 1.54) is 0 Å². The molecule has 0 aliphatic carbocycles. The van der Waals surface area contributed by atoms with Gasteiger partial charge in [0.1, 0.15) is 0 Å². The Labute approximate surface area is 233 Å². The van der Waals surface area contributed by atoms with Crippen LogP contribution in [0.1, 0.15) is 0 Å². The summed E-state index contributed by atoms with van der Waals surface area (Å²) in [5.41, 5.74) is 0. The number of rotatable bonds is 24. The van der Waals surface area contributed by atoms with Crippen molar-refractivity contribution in [3.8, 4) is 0 Å². The SMILES string of the molecule is O=C(O)CN(CCN(CC(=O)O)CC(O)(OP(O)O)O[PH](=O)O)CCN(CC(=O)O)CC(O)(O[PH](=O)O)O[PH](=O)O. The molecule has 10 N–H and O–H groups in total. The van der Waals surface area contributed by atoms with Gasteiger partial charge < -0.3 is 50.0 Å². The average Bonchev–Trinajstić information content (AvgIpc) is 2.71. The fourth-order valence-corrected chi connectivity index (χ4v) is 4.75. The molecular weight excluding hydrogens is 654 g/mol. The number of carboxylic acid groups (broad SMARTS) is 3. The van der Waals surface area contributed by atoms with Crippen LogP contribution >= 0.6 is 33.4 Å². The first-order valence-corrected chi connectivity index (χ1v) is 15.6. The maximum atomic E-state index is 11.3. The quantitative estimate of drug-likeness (QED) is 0.0340. The van der Waals surface area contributed by atoms with E-state index in [0.29, 0.717) is 0 Å². The van der Waals surface area contributed by atoms with Crippen LogP contribution < -0.4 is 0 Å². The molecule has 0 aliphatic heterocycles. The largest absolute Gasteiger partial charge is 0.480 e. The zero-order valence-electron chi connectivity index (χ0n) is 20.7. The summed E-state index contributed by atoms with van der Waals surface area (Å²) in [6, 6.07) is 0. The minimum absolute atomic E-state index is 0.371. The van der Waals surface area contributed by atoms with E-state index < -0.39 is 109 Å². The lowest BCUT2D eigenvalue weighted by molar-refractivity contribution is -0.283. The maximum absolute atomic E-state index is 11.3. The van der Waals surface area contributed by atoms with Crippen molar-refractivity contribution in [1.29, 1.82) is 0 Å². The molecule has 0 aromatic rings. The van der Waals surface area contributed by atoms with Crippen LogP contribution in [0.5, 0.6) is 0 Å². The Kier molecular flexibility index (Phi) is 18.8. The van der Waals surface area contributed by atoms with Gasteiger partial charge in [0, 0.05) is 26.2 Å². The Hall–Kier alpha value is -1.03. The summed E-state index contributed by atoms with van der Waals surface area (Å²) in [5, 5.41) is 48.0. The van der Waals surface area contributed by atoms with Crippen molar-refractivity contribution in [2.24, 2.45) is 0 Å². The third kappa shape index (κ3) is 20.5. The van der Waals surface area contributed by atoms with Crippen molar-refractivity contribution >= 4 is 51.3 Å². The summed E-state index contributed by atoms with van der Waals surface area (Å²) < 4.78 is 50.1. The van der Waals surface area contributed by atoms with E-state index in [0.717, 1.165) is 14.7 Å². The smallest absolute Gasteiger partial charge is 0.331 e. The number of carboxylic acids is 3. The first-order valence-electron chi connectivity index (χ1n) is 10.6. The average molecular weight is 685 g/mol. The van der Waals surface area contributed by atoms with E-state index in [2.05, 4.69) is 18.1 Å². The highest BCUT2D eigenvalue weighted by Crippen LogP contribution is 2.37. The number of aliphatic hydroxyl groups is 2. The van der Waals surface area contributed by atoms with E-state index in [4.69, 9.17) is 34.7 Å². The molecule has 0 heterocycles. The summed E-state index contributed by atoms with van der Waals surface area (Å²) in [6.45, 7) is -6.41. The highest BCUT2D eigenvalue weighted by molar-refractivity contribution is 7.39. The highest BCUT2D eigenvalue weighted by Gasteiger charge is 2.39. The Balaban J connectivity index is 5.78. The molecule has 4 atom stereocenters. The molecule has 0 spiro atoms. The van der Waals surface area contributed by atoms with E-state index in [9.17, 15) is 43.4 Å². The predicted molar refractivity (Wildman–Crippen MR) is 131 cm³/mol. The summed E-state index contributed by atoms with van der Waals surface area (Å²) >= 11 is 0. The van der Waals surface area contributed by atoms with Crippen molar-refractivity contribution in [2.75, 3.05) is 58.9 Å². The van der Waals surface area contributed by atoms with E-state index >= 15 is 0 Å². The van der Waals surface area contributed by atoms with Gasteiger partial charge in [0.25, 0.3) is 0 Å². The van der Waals surface area contributed by atoms with Crippen molar-refractivity contribution in [2.45, 2.75) is 11.9 Å². The lowest BCUT2D eigenvalue weighted by Crippen LogP contribution is -2.51. The van der Waals surface area contributed by atoms with Crippen LogP contribution in [0.2, 0.25) is 0 Å². The lowest BCUT2D eigenvalue weighted by Gasteiger charge is -2.34. The Morgan fingerprint density at radius 3 is 1.22 bits per heavy atom. The normalized spacial score (nSPS) is 17.3. The minimum Gasteiger partial charge on any atom is -0.480 e. The van der Waals surface area contributed by atoms with E-state index in [1.54, 1.807) is 0 Å². The van der Waals surface area contributed by atoms with Crippen LogP contribution in [0.25, 0.3) is 0 Å². The van der Waals surface area contributed by atoms with Crippen molar-refractivity contribution in [3.63, 3.8) is 0 Å². The number of nitrogens with zero attached hydrogens (tertiary/aromatic N) is 3. The Bertz CT molecular complexity index is 927. The number of carbonyl (C=O) groups is 3. The predicted octanol–water partition coefficient (Wildman–Crippen LogP) is -4.14. The monoisotopic (exact) mass is 685 g/mol. The van der Waals surface area contributed by atoms with Gasteiger partial charge in [0.15, 0.2) is 0 Å². The van der Waals surface area contributed by atoms with Crippen LogP contribution in [-0.4, -0.2) is 153 Å². The van der Waals surface area contributed by atoms with Crippen molar-refractivity contribution < 1.29 is 96.2 Å². The standard InChI is InChI=1S/C14H31N3O20P4/c18-10(19)5-15(1-3-16(6-11(20)21)8-13(24,34-38(26)27)35-39(28)29)2-4-17(7-12(22)23)9-14(25,36-40(30)31)37-41(32)33/h24-27,39-41H,1-9H2,(H,18,19)(H,20,21)(H,22,23)(H,28,29)(H,30,31)(H,32,33). The second-order valence-electron chi connectivity index (χ2n) is 7.75. The molecular formula is C14H31N3O20P4. The molecule has 27 heteroatoms. The van der Waals surface area contributed by atoms with Gasteiger partial charge in [-0.2, -0.15) is 0 Å². The van der Waals surface area contributed by atoms with E-state index in [-0.39, 0.29) is 13.1 Å². The third-order valence-electron chi connectivity index (χ3n) is 4.35. The van der Waals surface area contributed by atoms with Crippen LogP contribution in [0.15, 0.2) is 0 Å². The van der Waals surface area contributed by atoms with Crippen LogP contribution in [-0.2, 0) is 46.2 Å². The second-order valence-corrected chi connectivity index (χ2v) is 10.6. The van der Waals surface area contributed by atoms with Gasteiger partial charge in [-0.1, -0.05) is 0 Å². The van der Waals surface area contributed by atoms with Crippen LogP contribution in [0.4, 0.5) is 0 Å². The molecule has 0 saturated carbocycles. The summed E-state index contributed by atoms with van der Waals surface area (Å²) in [5.74, 6) is -10.9. The molecule has 4 unspecified atom stereocenters. The number of hydrogen-bond donors (Lipinski definition) is 10. The summed E-state index contributed by atoms with van der Waals surface area (Å²) in [4.78, 5) is 81.4. The summed E-state index contributed by atoms with van der Waals surface area (Å²) in [7, 11) is -15.3. The molecule has 0 saturated heterocycles. The van der Waals surface area contributed by atoms with Gasteiger partial charge in [-0.3, -0.25) is 60.9 Å². The van der Waals surface area contributed by atoms with Gasteiger partial charge >= 0.3 is 63.2 Å². The molecule has 23 nitrogen and oxygen atoms in total. The van der Waals surface area contributed by atoms with Gasteiger partial charge in [-0.15, -0.1) is 0 Å². The number of aliphatic carboxylic acids is 3. The summed E-state index contributed by atoms with van der Waals surface area (Å²) in [6.07, 6.45) is 0. The van der Waals surface area contributed by atoms with Gasteiger partial charge in [-0.05, 0) is 0 Å². The molecule has 0 fully saturated rings. The molecule has 0 radical (unpaired) electrons. The highest BCUT2D eigenvalue weighted by atomic mass is 31.2. The number of hydrogen-bond acceptors (Lipinski definition) is 17. The molecule has 41 heavy (non-hydrogen) atoms. The zero-order valence-corrected chi connectivity index (χ0v) is 24.6. The Morgan fingerprint density at radius 1 is 0.610 bits per heavy atom. The molecule has 0 aromatic heterocycles. The second kappa shape index (κ2) is 19.3. The molecule has 0 aromatic carbocycles. The topological polar surface area (TPSA) is 351 Å². The fourth-order valence-electron chi connectivity index (χ4n) is 3.10. The van der Waals surface area contributed by atoms with E-state index in [1.807, 2.05) is 0 Å². The molecule has 0 bridgehead atoms. The molecule has 0 aliphatic rings. The first-order chi connectivity index (χ1) is 18.7. The van der Waals surface area contributed by atoms with Crippen LogP contribution in [0, 0.1) is 0 Å². The van der Waals surface area contributed by atoms with Gasteiger partial charge in [0.05, 0.1) is 32.7 Å². The van der Waals surface area contributed by atoms with Crippen molar-refractivity contribution in [3.05, 3.63) is 0 Å². The minimum atomic E-state index is -3.99. The lowest BCUT2D eigenvalue weighted by atomic mass is 10.3. The van der Waals surface area contributed by atoms with Crippen molar-refractivity contribution in [1.82, 2.24) is 14.7 Å². The zero-order chi connectivity index (χ0) is 32.0. The van der Waals surface area contributed by atoms with Gasteiger partial charge in [0.2, 0.25) is 0 Å². The Morgan fingerprint density at radius 2 is 0.902 bits per heavy atom. The molecule has 0 rings (SSSR count). The maximum Gasteiger partial charge on any atom is 0.331 e. The molecule has 0 amide bonds. The van der Waals surface area contributed by atoms with Crippen LogP contribution in [0.3, 0.4) is 0 Å². The third-order valence-corrected chi connectivity index (χ3v) is 6.28.